The molecule has 430 valence electrons. The van der Waals surface area contributed by atoms with E-state index in [1.165, 1.54) is 109 Å². The van der Waals surface area contributed by atoms with Gasteiger partial charge in [0.05, 0.1) is 0 Å². The van der Waals surface area contributed by atoms with Crippen LogP contribution in [0.1, 0.15) is 271 Å². The molecule has 0 amide bonds. The van der Waals surface area contributed by atoms with Crippen molar-refractivity contribution < 1.29 is 28.6 Å². The summed E-state index contributed by atoms with van der Waals surface area (Å²) in [4.78, 5) is 37.9. The maximum atomic E-state index is 12.8. The number of carbonyl (C=O) groups is 3. The molecule has 6 nitrogen and oxygen atoms in total. The predicted molar refractivity (Wildman–Crippen MR) is 329 cm³/mol. The van der Waals surface area contributed by atoms with Gasteiger partial charge in [-0.15, -0.1) is 0 Å². The Kier molecular flexibility index (Phi) is 59.4. The summed E-state index contributed by atoms with van der Waals surface area (Å²) >= 11 is 0. The van der Waals surface area contributed by atoms with Crippen LogP contribution in [0, 0.1) is 0 Å². The summed E-state index contributed by atoms with van der Waals surface area (Å²) in [6.07, 6.45) is 89.4. The van der Waals surface area contributed by atoms with Gasteiger partial charge in [-0.3, -0.25) is 14.4 Å². The lowest BCUT2D eigenvalue weighted by Gasteiger charge is -2.18. The van der Waals surface area contributed by atoms with Gasteiger partial charge in [-0.25, -0.2) is 0 Å². The van der Waals surface area contributed by atoms with Crippen LogP contribution in [0.3, 0.4) is 0 Å². The van der Waals surface area contributed by atoms with Gasteiger partial charge in [-0.2, -0.15) is 0 Å². The van der Waals surface area contributed by atoms with Crippen molar-refractivity contribution in [1.82, 2.24) is 0 Å². The zero-order valence-corrected chi connectivity index (χ0v) is 49.2. The molecule has 0 aromatic heterocycles. The topological polar surface area (TPSA) is 78.9 Å². The van der Waals surface area contributed by atoms with Gasteiger partial charge in [0.25, 0.3) is 0 Å². The van der Waals surface area contributed by atoms with E-state index < -0.39 is 6.10 Å². The van der Waals surface area contributed by atoms with Crippen molar-refractivity contribution in [1.29, 1.82) is 0 Å². The van der Waals surface area contributed by atoms with Gasteiger partial charge in [-0.05, 0) is 109 Å². The van der Waals surface area contributed by atoms with Crippen molar-refractivity contribution in [3.05, 3.63) is 134 Å². The van der Waals surface area contributed by atoms with Crippen molar-refractivity contribution in [2.45, 2.75) is 277 Å². The third kappa shape index (κ3) is 60.4. The lowest BCUT2D eigenvalue weighted by Crippen LogP contribution is -2.30. The van der Waals surface area contributed by atoms with Crippen LogP contribution in [0.5, 0.6) is 0 Å². The van der Waals surface area contributed by atoms with E-state index in [0.29, 0.717) is 19.3 Å². The van der Waals surface area contributed by atoms with E-state index in [4.69, 9.17) is 14.2 Å². The first-order valence-corrected chi connectivity index (χ1v) is 31.2. The van der Waals surface area contributed by atoms with E-state index in [0.717, 1.165) is 116 Å². The summed E-state index contributed by atoms with van der Waals surface area (Å²) < 4.78 is 16.7. The molecule has 0 fully saturated rings. The highest BCUT2D eigenvalue weighted by atomic mass is 16.6. The standard InChI is InChI=1S/C70H114O6/c1-4-7-10-13-16-18-20-22-24-26-27-28-29-30-31-32-33-34-35-36-37-38-39-40-41-42-43-45-46-48-50-52-54-57-60-63-69(72)75-66-67(65-74-68(71)62-59-56-15-12-9-6-3)76-70(73)64-61-58-55-53-51-49-47-44-25-23-21-19-17-14-11-8-5-2/h7-8,10-11,16-19,22-25,27-28,30-31,33-34,47,49,53,55,67H,4-6,9,12-15,20-21,26,29,32,35-46,48,50-52,54,56-66H2,1-3H3/b10-7-,11-8-,18-16-,19-17-,24-22-,25-23-,28-27-,31-30-,34-33-,49-47-,55-53-. The summed E-state index contributed by atoms with van der Waals surface area (Å²) in [5.74, 6) is -0.970. The third-order valence-corrected chi connectivity index (χ3v) is 12.9. The molecule has 0 aromatic rings. The first kappa shape index (κ1) is 71.5. The fraction of sp³-hybridized carbons (Fsp3) is 0.643. The molecule has 0 rings (SSSR count). The highest BCUT2D eigenvalue weighted by Crippen LogP contribution is 2.16. The summed E-state index contributed by atoms with van der Waals surface area (Å²) in [5, 5.41) is 0. The first-order chi connectivity index (χ1) is 37.5. The first-order valence-electron chi connectivity index (χ1n) is 31.2. The summed E-state index contributed by atoms with van der Waals surface area (Å²) in [7, 11) is 0. The fourth-order valence-electron chi connectivity index (χ4n) is 8.31. The Bertz CT molecular complexity index is 1630. The number of hydrogen-bond acceptors (Lipinski definition) is 6. The number of carbonyl (C=O) groups excluding carboxylic acids is 3. The van der Waals surface area contributed by atoms with Gasteiger partial charge in [0.1, 0.15) is 13.2 Å². The molecule has 6 heteroatoms. The minimum Gasteiger partial charge on any atom is -0.462 e. The van der Waals surface area contributed by atoms with Crippen molar-refractivity contribution >= 4 is 17.9 Å². The molecule has 0 aliphatic carbocycles. The summed E-state index contributed by atoms with van der Waals surface area (Å²) in [6.45, 7) is 6.30. The molecule has 1 unspecified atom stereocenters. The minimum absolute atomic E-state index is 0.101. The molecule has 0 saturated heterocycles. The number of hydrogen-bond donors (Lipinski definition) is 0. The molecule has 0 spiro atoms. The summed E-state index contributed by atoms with van der Waals surface area (Å²) in [5.41, 5.74) is 0. The quantitative estimate of drug-likeness (QED) is 0.0261. The average Bonchev–Trinajstić information content (AvgIpc) is 3.42. The Balaban J connectivity index is 4.05. The van der Waals surface area contributed by atoms with Crippen molar-refractivity contribution in [2.75, 3.05) is 13.2 Å². The second-order valence-corrected chi connectivity index (χ2v) is 20.2. The maximum Gasteiger partial charge on any atom is 0.306 e. The van der Waals surface area contributed by atoms with Crippen molar-refractivity contribution in [3.63, 3.8) is 0 Å². The lowest BCUT2D eigenvalue weighted by molar-refractivity contribution is -0.167. The zero-order chi connectivity index (χ0) is 55.0. The minimum atomic E-state index is -0.806. The van der Waals surface area contributed by atoms with Crippen LogP contribution in [0.4, 0.5) is 0 Å². The van der Waals surface area contributed by atoms with Gasteiger partial charge in [0.2, 0.25) is 0 Å². The Hall–Kier alpha value is -4.45. The van der Waals surface area contributed by atoms with E-state index in [9.17, 15) is 14.4 Å². The molecular formula is C70H114O6. The second kappa shape index (κ2) is 63.1. The molecular weight excluding hydrogens is 937 g/mol. The summed E-state index contributed by atoms with van der Waals surface area (Å²) in [6, 6.07) is 0. The van der Waals surface area contributed by atoms with Crippen LogP contribution in [0.2, 0.25) is 0 Å². The van der Waals surface area contributed by atoms with Crippen LogP contribution in [0.15, 0.2) is 134 Å². The van der Waals surface area contributed by atoms with Crippen molar-refractivity contribution in [2.24, 2.45) is 0 Å². The normalized spacial score (nSPS) is 13.0. The number of esters is 3. The Morgan fingerprint density at radius 3 is 0.842 bits per heavy atom. The Morgan fingerprint density at radius 1 is 0.276 bits per heavy atom. The van der Waals surface area contributed by atoms with E-state index >= 15 is 0 Å². The van der Waals surface area contributed by atoms with Gasteiger partial charge in [0.15, 0.2) is 6.10 Å². The van der Waals surface area contributed by atoms with Crippen LogP contribution < -0.4 is 0 Å². The van der Waals surface area contributed by atoms with E-state index in [2.05, 4.69) is 154 Å². The van der Waals surface area contributed by atoms with E-state index in [1.54, 1.807) is 0 Å². The molecule has 1 atom stereocenters. The molecule has 0 heterocycles. The van der Waals surface area contributed by atoms with Crippen LogP contribution in [-0.4, -0.2) is 37.2 Å². The molecule has 76 heavy (non-hydrogen) atoms. The number of rotatable bonds is 55. The number of ether oxygens (including phenoxy) is 3. The Labute approximate surface area is 468 Å². The average molecular weight is 1050 g/mol. The zero-order valence-electron chi connectivity index (χ0n) is 49.2. The molecule has 0 saturated carbocycles. The van der Waals surface area contributed by atoms with Gasteiger partial charge in [-0.1, -0.05) is 276 Å². The number of unbranched alkanes of at least 4 members (excludes halogenated alkanes) is 22. The molecule has 0 aliphatic heterocycles. The smallest absolute Gasteiger partial charge is 0.306 e. The van der Waals surface area contributed by atoms with E-state index in [1.807, 2.05) is 0 Å². The largest absolute Gasteiger partial charge is 0.462 e. The fourth-order valence-corrected chi connectivity index (χ4v) is 8.31. The van der Waals surface area contributed by atoms with Gasteiger partial charge >= 0.3 is 17.9 Å². The van der Waals surface area contributed by atoms with E-state index in [-0.39, 0.29) is 37.5 Å². The highest BCUT2D eigenvalue weighted by Gasteiger charge is 2.19. The van der Waals surface area contributed by atoms with Crippen LogP contribution in [0.25, 0.3) is 0 Å². The maximum absolute atomic E-state index is 12.8. The molecule has 0 aromatic carbocycles. The predicted octanol–water partition coefficient (Wildman–Crippen LogP) is 21.4. The van der Waals surface area contributed by atoms with Crippen LogP contribution >= 0.6 is 0 Å². The Morgan fingerprint density at radius 2 is 0.526 bits per heavy atom. The lowest BCUT2D eigenvalue weighted by atomic mass is 10.0. The monoisotopic (exact) mass is 1050 g/mol. The SMILES string of the molecule is CC/C=C\C/C=C\C/C=C\C/C=C\C/C=C\C/C=C\CCCCCCCCCCCCCCCCCCC(=O)OCC(COC(=O)CCCCCCCC)OC(=O)CCC/C=C\C/C=C\C/C=C\C/C=C\C/C=C\CC. The van der Waals surface area contributed by atoms with Gasteiger partial charge in [0, 0.05) is 19.3 Å². The second-order valence-electron chi connectivity index (χ2n) is 20.2. The number of allylic oxidation sites excluding steroid dienone is 22. The third-order valence-electron chi connectivity index (χ3n) is 12.9. The molecule has 0 N–H and O–H groups in total. The molecule has 0 aliphatic rings. The molecule has 0 radical (unpaired) electrons. The van der Waals surface area contributed by atoms with Crippen molar-refractivity contribution in [3.8, 4) is 0 Å². The molecule has 0 bridgehead atoms. The van der Waals surface area contributed by atoms with Gasteiger partial charge < -0.3 is 14.2 Å². The highest BCUT2D eigenvalue weighted by molar-refractivity contribution is 5.71. The van der Waals surface area contributed by atoms with Crippen LogP contribution in [-0.2, 0) is 28.6 Å².